The predicted molar refractivity (Wildman–Crippen MR) is 204 cm³/mol. The second kappa shape index (κ2) is 32.9. The van der Waals surface area contributed by atoms with Crippen molar-refractivity contribution in [2.45, 2.75) is 247 Å². The lowest BCUT2D eigenvalue weighted by Gasteiger charge is -2.40. The normalized spacial score (nSPS) is 12.4. The Kier molecular flexibility index (Phi) is 32.9. The zero-order valence-corrected chi connectivity index (χ0v) is 32.4. The first-order chi connectivity index (χ1) is 21.4. The number of nitrogens with zero attached hydrogens (tertiary/aromatic N) is 1. The third-order valence-electron chi connectivity index (χ3n) is 10.5. The highest BCUT2D eigenvalue weighted by Crippen LogP contribution is 2.24. The summed E-state index contributed by atoms with van der Waals surface area (Å²) in [6.45, 7) is 20.1. The van der Waals surface area contributed by atoms with E-state index in [0.717, 1.165) is 0 Å². The van der Waals surface area contributed by atoms with Crippen LogP contribution in [0.25, 0.3) is 0 Å². The van der Waals surface area contributed by atoms with Crippen molar-refractivity contribution in [3.8, 4) is 0 Å². The molecule has 0 atom stereocenters. The van der Waals surface area contributed by atoms with Crippen molar-refractivity contribution in [1.82, 2.24) is 0 Å². The van der Waals surface area contributed by atoms with Gasteiger partial charge in [0.05, 0.1) is 26.2 Å². The standard InChI is InChI=1S/C43H90N/c1-7-10-13-16-19-24-29-34-39-44(40-35-30-25-20-17-14-11-8-2,41-36-31-26-21-18-15-12-9-3)42-37-32-27-22-23-28-33-38-43(4,5)6/h7-42H2,1-6H3/q+1. The summed E-state index contributed by atoms with van der Waals surface area (Å²) < 4.78 is 1.48. The van der Waals surface area contributed by atoms with Crippen LogP contribution in [0.3, 0.4) is 0 Å². The van der Waals surface area contributed by atoms with Gasteiger partial charge in [0.1, 0.15) is 0 Å². The van der Waals surface area contributed by atoms with Gasteiger partial charge in [0.25, 0.3) is 0 Å². The molecule has 266 valence electrons. The van der Waals surface area contributed by atoms with Gasteiger partial charge < -0.3 is 4.48 Å². The third-order valence-corrected chi connectivity index (χ3v) is 10.5. The van der Waals surface area contributed by atoms with Crippen molar-refractivity contribution < 1.29 is 4.48 Å². The molecule has 0 rings (SSSR count). The molecule has 0 aromatic rings. The molecule has 0 amide bonds. The van der Waals surface area contributed by atoms with Crippen molar-refractivity contribution in [2.24, 2.45) is 5.41 Å². The van der Waals surface area contributed by atoms with Gasteiger partial charge in [-0.25, -0.2) is 0 Å². The van der Waals surface area contributed by atoms with Gasteiger partial charge in [-0.3, -0.25) is 0 Å². The van der Waals surface area contributed by atoms with E-state index in [-0.39, 0.29) is 0 Å². The average molecular weight is 621 g/mol. The minimum atomic E-state index is 0.514. The van der Waals surface area contributed by atoms with Gasteiger partial charge in [0.15, 0.2) is 0 Å². The van der Waals surface area contributed by atoms with Gasteiger partial charge >= 0.3 is 0 Å². The van der Waals surface area contributed by atoms with Crippen molar-refractivity contribution in [3.63, 3.8) is 0 Å². The topological polar surface area (TPSA) is 0 Å². The van der Waals surface area contributed by atoms with E-state index in [1.54, 1.807) is 0 Å². The van der Waals surface area contributed by atoms with Gasteiger partial charge in [-0.1, -0.05) is 189 Å². The first-order valence-electron chi connectivity index (χ1n) is 21.2. The number of hydrogen-bond acceptors (Lipinski definition) is 0. The third kappa shape index (κ3) is 31.9. The van der Waals surface area contributed by atoms with Crippen LogP contribution in [-0.2, 0) is 0 Å². The highest BCUT2D eigenvalue weighted by atomic mass is 15.3. The van der Waals surface area contributed by atoms with Gasteiger partial charge in [-0.05, 0) is 63.2 Å². The van der Waals surface area contributed by atoms with Crippen molar-refractivity contribution in [2.75, 3.05) is 26.2 Å². The van der Waals surface area contributed by atoms with Crippen LogP contribution in [0.5, 0.6) is 0 Å². The Morgan fingerprint density at radius 1 is 0.273 bits per heavy atom. The molecule has 44 heavy (non-hydrogen) atoms. The molecule has 0 aliphatic rings. The smallest absolute Gasteiger partial charge is 0.0786 e. The van der Waals surface area contributed by atoms with Crippen LogP contribution in [0.15, 0.2) is 0 Å². The van der Waals surface area contributed by atoms with Gasteiger partial charge in [-0.15, -0.1) is 0 Å². The van der Waals surface area contributed by atoms with E-state index in [0.29, 0.717) is 5.41 Å². The summed E-state index contributed by atoms with van der Waals surface area (Å²) in [6.07, 6.45) is 46.6. The quantitative estimate of drug-likeness (QED) is 0.0483. The monoisotopic (exact) mass is 621 g/mol. The molecule has 0 aromatic carbocycles. The van der Waals surface area contributed by atoms with Gasteiger partial charge in [0.2, 0.25) is 0 Å². The maximum Gasteiger partial charge on any atom is 0.0786 e. The summed E-state index contributed by atoms with van der Waals surface area (Å²) in [6, 6.07) is 0. The first kappa shape index (κ1) is 44.0. The largest absolute Gasteiger partial charge is 0.324 e. The van der Waals surface area contributed by atoms with Crippen molar-refractivity contribution in [1.29, 1.82) is 0 Å². The minimum absolute atomic E-state index is 0.514. The van der Waals surface area contributed by atoms with Crippen molar-refractivity contribution >= 4 is 0 Å². The van der Waals surface area contributed by atoms with Crippen LogP contribution < -0.4 is 0 Å². The van der Waals surface area contributed by atoms with E-state index in [9.17, 15) is 0 Å². The molecule has 0 heterocycles. The highest BCUT2D eigenvalue weighted by molar-refractivity contribution is 4.61. The summed E-state index contributed by atoms with van der Waals surface area (Å²) >= 11 is 0. The van der Waals surface area contributed by atoms with Gasteiger partial charge in [-0.2, -0.15) is 0 Å². The summed E-state index contributed by atoms with van der Waals surface area (Å²) in [4.78, 5) is 0. The van der Waals surface area contributed by atoms with Crippen LogP contribution in [0.4, 0.5) is 0 Å². The lowest BCUT2D eigenvalue weighted by molar-refractivity contribution is -0.929. The summed E-state index contributed by atoms with van der Waals surface area (Å²) in [5, 5.41) is 0. The second-order valence-electron chi connectivity index (χ2n) is 16.4. The number of unbranched alkanes of at least 4 members (excludes halogenated alkanes) is 27. The van der Waals surface area contributed by atoms with Crippen LogP contribution in [0.2, 0.25) is 0 Å². The van der Waals surface area contributed by atoms with E-state index >= 15 is 0 Å². The highest BCUT2D eigenvalue weighted by Gasteiger charge is 2.25. The zero-order chi connectivity index (χ0) is 32.5. The molecule has 0 unspecified atom stereocenters. The number of hydrogen-bond donors (Lipinski definition) is 0. The molecule has 0 saturated carbocycles. The molecule has 0 fully saturated rings. The molecule has 0 spiro atoms. The molecule has 0 radical (unpaired) electrons. The molecule has 0 bridgehead atoms. The molecule has 1 heteroatoms. The lowest BCUT2D eigenvalue weighted by atomic mass is 9.89. The minimum Gasteiger partial charge on any atom is -0.324 e. The van der Waals surface area contributed by atoms with E-state index in [1.807, 2.05) is 0 Å². The Bertz CT molecular complexity index is 481. The molecular formula is C43H90N+. The summed E-state index contributed by atoms with van der Waals surface area (Å²) in [5.41, 5.74) is 0.514. The maximum atomic E-state index is 2.40. The number of rotatable bonds is 36. The van der Waals surface area contributed by atoms with Crippen LogP contribution in [0.1, 0.15) is 247 Å². The van der Waals surface area contributed by atoms with Crippen LogP contribution >= 0.6 is 0 Å². The molecule has 1 nitrogen and oxygen atoms in total. The SMILES string of the molecule is CCCCCCCCCC[N+](CCCCCCCCCC)(CCCCCCCCCC)CCCCCCCCCC(C)(C)C. The Morgan fingerprint density at radius 3 is 0.705 bits per heavy atom. The van der Waals surface area contributed by atoms with E-state index in [4.69, 9.17) is 0 Å². The van der Waals surface area contributed by atoms with Crippen molar-refractivity contribution in [3.05, 3.63) is 0 Å². The maximum absolute atomic E-state index is 2.40. The Balaban J connectivity index is 4.85. The molecule has 0 aromatic heterocycles. The Hall–Kier alpha value is -0.0400. The molecule has 0 N–H and O–H groups in total. The second-order valence-corrected chi connectivity index (χ2v) is 16.4. The Labute approximate surface area is 282 Å². The average Bonchev–Trinajstić information content (AvgIpc) is 2.99. The fraction of sp³-hybridized carbons (Fsp3) is 1.00. The number of quaternary nitrogens is 1. The fourth-order valence-corrected chi connectivity index (χ4v) is 7.40. The molecular weight excluding hydrogens is 530 g/mol. The van der Waals surface area contributed by atoms with E-state index in [2.05, 4.69) is 41.5 Å². The lowest BCUT2D eigenvalue weighted by Crippen LogP contribution is -2.50. The summed E-state index contributed by atoms with van der Waals surface area (Å²) in [7, 11) is 0. The summed E-state index contributed by atoms with van der Waals surface area (Å²) in [5.74, 6) is 0. The zero-order valence-electron chi connectivity index (χ0n) is 32.4. The van der Waals surface area contributed by atoms with Crippen LogP contribution in [0, 0.1) is 5.41 Å². The molecule has 0 aliphatic carbocycles. The molecule has 0 aliphatic heterocycles. The first-order valence-corrected chi connectivity index (χ1v) is 21.2. The van der Waals surface area contributed by atoms with Gasteiger partial charge in [0, 0.05) is 0 Å². The van der Waals surface area contributed by atoms with Crippen LogP contribution in [-0.4, -0.2) is 30.7 Å². The predicted octanol–water partition coefficient (Wildman–Crippen LogP) is 15.4. The van der Waals surface area contributed by atoms with E-state index < -0.39 is 0 Å². The van der Waals surface area contributed by atoms with E-state index in [1.165, 1.54) is 236 Å². The Morgan fingerprint density at radius 2 is 0.477 bits per heavy atom. The fourth-order valence-electron chi connectivity index (χ4n) is 7.40. The molecule has 0 saturated heterocycles.